The van der Waals surface area contributed by atoms with Crippen LogP contribution in [0.3, 0.4) is 0 Å². The van der Waals surface area contributed by atoms with Crippen molar-refractivity contribution in [3.05, 3.63) is 29.8 Å². The van der Waals surface area contributed by atoms with Crippen molar-refractivity contribution in [1.29, 1.82) is 0 Å². The standard InChI is InChI=1S/C13H17N5/c1-9-4-12(18-17-9)13-8-15-11(7-16-13)5-10-2-3-14-6-10/h4,7-8,10,14H,2-3,5-6H2,1H3,(H,17,18)/t10-/m1/s1. The zero-order valence-corrected chi connectivity index (χ0v) is 10.5. The number of hydrogen-bond acceptors (Lipinski definition) is 4. The molecule has 1 fully saturated rings. The Morgan fingerprint density at radius 1 is 1.28 bits per heavy atom. The minimum atomic E-state index is 0.706. The van der Waals surface area contributed by atoms with Gasteiger partial charge < -0.3 is 5.32 Å². The second-order valence-corrected chi connectivity index (χ2v) is 4.89. The summed E-state index contributed by atoms with van der Waals surface area (Å²) in [7, 11) is 0. The lowest BCUT2D eigenvalue weighted by molar-refractivity contribution is 0.570. The van der Waals surface area contributed by atoms with Gasteiger partial charge in [-0.2, -0.15) is 5.10 Å². The molecule has 3 heterocycles. The molecule has 5 nitrogen and oxygen atoms in total. The Kier molecular flexibility index (Phi) is 3.06. The lowest BCUT2D eigenvalue weighted by atomic mass is 10.0. The quantitative estimate of drug-likeness (QED) is 0.853. The van der Waals surface area contributed by atoms with Crippen molar-refractivity contribution in [3.8, 4) is 11.4 Å². The molecule has 1 atom stereocenters. The van der Waals surface area contributed by atoms with Crippen LogP contribution in [0.1, 0.15) is 17.8 Å². The van der Waals surface area contributed by atoms with E-state index in [0.717, 1.165) is 42.3 Å². The highest BCUT2D eigenvalue weighted by Crippen LogP contribution is 2.16. The summed E-state index contributed by atoms with van der Waals surface area (Å²) in [4.78, 5) is 8.92. The zero-order chi connectivity index (χ0) is 12.4. The number of aromatic nitrogens is 4. The minimum Gasteiger partial charge on any atom is -0.316 e. The second-order valence-electron chi connectivity index (χ2n) is 4.89. The number of H-pyrrole nitrogens is 1. The van der Waals surface area contributed by atoms with Crippen molar-refractivity contribution < 1.29 is 0 Å². The topological polar surface area (TPSA) is 66.5 Å². The zero-order valence-electron chi connectivity index (χ0n) is 10.5. The second kappa shape index (κ2) is 4.86. The van der Waals surface area contributed by atoms with E-state index < -0.39 is 0 Å². The molecule has 1 aliphatic rings. The van der Waals surface area contributed by atoms with E-state index in [2.05, 4.69) is 25.5 Å². The fourth-order valence-electron chi connectivity index (χ4n) is 2.33. The molecule has 3 rings (SSSR count). The number of hydrogen-bond donors (Lipinski definition) is 2. The molecule has 2 aromatic rings. The van der Waals surface area contributed by atoms with Gasteiger partial charge in [-0.3, -0.25) is 15.1 Å². The predicted octanol–water partition coefficient (Wildman–Crippen LogP) is 1.33. The molecule has 0 bridgehead atoms. The Hall–Kier alpha value is -1.75. The number of aromatic amines is 1. The van der Waals surface area contributed by atoms with E-state index in [9.17, 15) is 0 Å². The minimum absolute atomic E-state index is 0.706. The Balaban J connectivity index is 1.72. The lowest BCUT2D eigenvalue weighted by Crippen LogP contribution is -2.11. The number of rotatable bonds is 3. The Morgan fingerprint density at radius 2 is 2.22 bits per heavy atom. The highest BCUT2D eigenvalue weighted by Gasteiger charge is 2.15. The van der Waals surface area contributed by atoms with Gasteiger partial charge in [-0.15, -0.1) is 0 Å². The summed E-state index contributed by atoms with van der Waals surface area (Å²) in [5, 5.41) is 10.5. The van der Waals surface area contributed by atoms with Crippen LogP contribution in [0, 0.1) is 12.8 Å². The smallest absolute Gasteiger partial charge is 0.112 e. The number of nitrogens with one attached hydrogen (secondary N) is 2. The lowest BCUT2D eigenvalue weighted by Gasteiger charge is -2.06. The van der Waals surface area contributed by atoms with Gasteiger partial charge in [0.2, 0.25) is 0 Å². The van der Waals surface area contributed by atoms with Gasteiger partial charge in [0.15, 0.2) is 0 Å². The average Bonchev–Trinajstić information content (AvgIpc) is 3.02. The first-order valence-electron chi connectivity index (χ1n) is 6.35. The average molecular weight is 243 g/mol. The van der Waals surface area contributed by atoms with Gasteiger partial charge in [0.25, 0.3) is 0 Å². The van der Waals surface area contributed by atoms with Gasteiger partial charge in [-0.1, -0.05) is 0 Å². The molecule has 18 heavy (non-hydrogen) atoms. The van der Waals surface area contributed by atoms with E-state index in [-0.39, 0.29) is 0 Å². The molecule has 2 N–H and O–H groups in total. The maximum absolute atomic E-state index is 4.48. The fourth-order valence-corrected chi connectivity index (χ4v) is 2.33. The van der Waals surface area contributed by atoms with E-state index in [1.54, 1.807) is 0 Å². The molecular formula is C13H17N5. The van der Waals surface area contributed by atoms with Crippen LogP contribution in [-0.4, -0.2) is 33.3 Å². The molecule has 1 aliphatic heterocycles. The Bertz CT molecular complexity index is 510. The summed E-state index contributed by atoms with van der Waals surface area (Å²) < 4.78 is 0. The molecule has 0 aromatic carbocycles. The molecule has 0 unspecified atom stereocenters. The van der Waals surface area contributed by atoms with Gasteiger partial charge in [0.05, 0.1) is 11.9 Å². The summed E-state index contributed by atoms with van der Waals surface area (Å²) in [6.07, 6.45) is 5.94. The predicted molar refractivity (Wildman–Crippen MR) is 69.0 cm³/mol. The molecule has 94 valence electrons. The van der Waals surface area contributed by atoms with Gasteiger partial charge in [-0.25, -0.2) is 0 Å². The van der Waals surface area contributed by atoms with Crippen molar-refractivity contribution in [2.45, 2.75) is 19.8 Å². The van der Waals surface area contributed by atoms with Crippen LogP contribution in [0.2, 0.25) is 0 Å². The Morgan fingerprint density at radius 3 is 2.83 bits per heavy atom. The van der Waals surface area contributed by atoms with Gasteiger partial charge in [0.1, 0.15) is 11.4 Å². The van der Waals surface area contributed by atoms with E-state index in [1.165, 1.54) is 6.42 Å². The van der Waals surface area contributed by atoms with Gasteiger partial charge >= 0.3 is 0 Å². The molecule has 5 heteroatoms. The molecule has 0 radical (unpaired) electrons. The van der Waals surface area contributed by atoms with Gasteiger partial charge in [0, 0.05) is 11.9 Å². The summed E-state index contributed by atoms with van der Waals surface area (Å²) in [6, 6.07) is 1.98. The van der Waals surface area contributed by atoms with Crippen molar-refractivity contribution >= 4 is 0 Å². The van der Waals surface area contributed by atoms with Gasteiger partial charge in [-0.05, 0) is 44.8 Å². The molecular weight excluding hydrogens is 226 g/mol. The fraction of sp³-hybridized carbons (Fsp3) is 0.462. The van der Waals surface area contributed by atoms with Crippen LogP contribution < -0.4 is 5.32 Å². The van der Waals surface area contributed by atoms with Crippen molar-refractivity contribution in [3.63, 3.8) is 0 Å². The molecule has 0 amide bonds. The first-order valence-corrected chi connectivity index (χ1v) is 6.35. The van der Waals surface area contributed by atoms with Crippen molar-refractivity contribution in [2.75, 3.05) is 13.1 Å². The van der Waals surface area contributed by atoms with Crippen LogP contribution in [-0.2, 0) is 6.42 Å². The summed E-state index contributed by atoms with van der Waals surface area (Å²) in [6.45, 7) is 4.20. The number of nitrogens with zero attached hydrogens (tertiary/aromatic N) is 3. The van der Waals surface area contributed by atoms with Crippen molar-refractivity contribution in [2.24, 2.45) is 5.92 Å². The van der Waals surface area contributed by atoms with E-state index in [1.807, 2.05) is 25.4 Å². The third-order valence-electron chi connectivity index (χ3n) is 3.33. The third kappa shape index (κ3) is 2.41. The van der Waals surface area contributed by atoms with Crippen molar-refractivity contribution in [1.82, 2.24) is 25.5 Å². The Labute approximate surface area is 106 Å². The van der Waals surface area contributed by atoms with Crippen LogP contribution in [0.15, 0.2) is 18.5 Å². The SMILES string of the molecule is Cc1cc(-c2cnc(C[C@H]3CCNC3)cn2)n[nH]1. The maximum Gasteiger partial charge on any atom is 0.112 e. The van der Waals surface area contributed by atoms with Crippen LogP contribution >= 0.6 is 0 Å². The van der Waals surface area contributed by atoms with Crippen LogP contribution in [0.5, 0.6) is 0 Å². The molecule has 2 aromatic heterocycles. The summed E-state index contributed by atoms with van der Waals surface area (Å²) >= 11 is 0. The highest BCUT2D eigenvalue weighted by molar-refractivity contribution is 5.52. The first kappa shape index (κ1) is 11.3. The third-order valence-corrected chi connectivity index (χ3v) is 3.33. The highest BCUT2D eigenvalue weighted by atomic mass is 15.1. The number of aryl methyl sites for hydroxylation is 1. The first-order chi connectivity index (χ1) is 8.81. The van der Waals surface area contributed by atoms with Crippen LogP contribution in [0.25, 0.3) is 11.4 Å². The summed E-state index contributed by atoms with van der Waals surface area (Å²) in [5.41, 5.74) is 3.79. The van der Waals surface area contributed by atoms with E-state index >= 15 is 0 Å². The molecule has 0 spiro atoms. The van der Waals surface area contributed by atoms with Crippen LogP contribution in [0.4, 0.5) is 0 Å². The van der Waals surface area contributed by atoms with E-state index in [0.29, 0.717) is 5.92 Å². The summed E-state index contributed by atoms with van der Waals surface area (Å²) in [5.74, 6) is 0.706. The maximum atomic E-state index is 4.48. The van der Waals surface area contributed by atoms with E-state index in [4.69, 9.17) is 0 Å². The molecule has 1 saturated heterocycles. The monoisotopic (exact) mass is 243 g/mol. The molecule has 0 aliphatic carbocycles. The largest absolute Gasteiger partial charge is 0.316 e. The molecule has 0 saturated carbocycles. The normalized spacial score (nSPS) is 19.3.